The number of halogens is 1. The van der Waals surface area contributed by atoms with Crippen LogP contribution in [0.1, 0.15) is 21.5 Å². The molecular weight excluding hydrogens is 256 g/mol. The number of carbonyl (C=O) groups excluding carboxylic acids is 1. The Morgan fingerprint density at radius 3 is 2.87 bits per heavy atom. The number of hydrogen-bond donors (Lipinski definition) is 0. The number of rotatable bonds is 1. The fraction of sp³-hybridized carbons (Fsp3) is 0.250. The van der Waals surface area contributed by atoms with E-state index in [1.165, 1.54) is 7.11 Å². The second-order valence-electron chi connectivity index (χ2n) is 2.96. The van der Waals surface area contributed by atoms with Crippen molar-refractivity contribution in [2.24, 2.45) is 0 Å². The summed E-state index contributed by atoms with van der Waals surface area (Å²) in [6.07, 6.45) is 0. The maximum atomic E-state index is 11.3. The maximum absolute atomic E-state index is 11.3. The molecule has 0 heterocycles. The Bertz CT molecular complexity index is 427. The van der Waals surface area contributed by atoms with Crippen LogP contribution in [0.25, 0.3) is 0 Å². The van der Waals surface area contributed by atoms with Crippen molar-refractivity contribution in [3.05, 3.63) is 34.9 Å². The van der Waals surface area contributed by atoms with Crippen molar-refractivity contribution >= 4 is 21.9 Å². The fourth-order valence-electron chi connectivity index (χ4n) is 1.13. The zero-order valence-corrected chi connectivity index (χ0v) is 10.2. The van der Waals surface area contributed by atoms with Gasteiger partial charge in [-0.25, -0.2) is 4.79 Å². The Labute approximate surface area is 97.8 Å². The van der Waals surface area contributed by atoms with Crippen molar-refractivity contribution in [1.29, 1.82) is 0 Å². The van der Waals surface area contributed by atoms with Crippen LogP contribution in [0.5, 0.6) is 0 Å². The average molecular weight is 267 g/mol. The summed E-state index contributed by atoms with van der Waals surface area (Å²) in [6.45, 7) is 1.96. The van der Waals surface area contributed by atoms with E-state index in [0.717, 1.165) is 11.1 Å². The third kappa shape index (κ3) is 3.10. The van der Waals surface area contributed by atoms with Gasteiger partial charge in [0.1, 0.15) is 0 Å². The lowest BCUT2D eigenvalue weighted by molar-refractivity contribution is 0.0600. The summed E-state index contributed by atoms with van der Waals surface area (Å²) in [5.74, 6) is 5.55. The molecule has 0 aliphatic carbocycles. The van der Waals surface area contributed by atoms with E-state index < -0.39 is 0 Å². The highest BCUT2D eigenvalue weighted by atomic mass is 79.9. The number of aryl methyl sites for hydroxylation is 1. The molecule has 1 aromatic rings. The first-order valence-corrected chi connectivity index (χ1v) is 5.55. The molecule has 0 spiro atoms. The van der Waals surface area contributed by atoms with Crippen molar-refractivity contribution in [2.75, 3.05) is 12.4 Å². The van der Waals surface area contributed by atoms with Gasteiger partial charge in [-0.2, -0.15) is 0 Å². The van der Waals surface area contributed by atoms with Gasteiger partial charge in [-0.15, -0.1) is 0 Å². The predicted molar refractivity (Wildman–Crippen MR) is 63.2 cm³/mol. The van der Waals surface area contributed by atoms with Gasteiger partial charge in [0, 0.05) is 5.56 Å². The van der Waals surface area contributed by atoms with Gasteiger partial charge in [0.2, 0.25) is 0 Å². The molecule has 0 saturated heterocycles. The molecular formula is C12H11BrO2. The molecule has 0 unspecified atom stereocenters. The molecule has 0 fully saturated rings. The first kappa shape index (κ1) is 11.8. The summed E-state index contributed by atoms with van der Waals surface area (Å²) in [5.41, 5.74) is 2.44. The standard InChI is InChI=1S/C12H11BrO2/c1-9-5-6-11(12(14)15-2)8-10(9)4-3-7-13/h5-6,8H,7H2,1-2H3. The largest absolute Gasteiger partial charge is 0.465 e. The highest BCUT2D eigenvalue weighted by Gasteiger charge is 2.06. The molecule has 0 aliphatic heterocycles. The Morgan fingerprint density at radius 2 is 2.27 bits per heavy atom. The van der Waals surface area contributed by atoms with Crippen LogP contribution in [0.15, 0.2) is 18.2 Å². The topological polar surface area (TPSA) is 26.3 Å². The minimum atomic E-state index is -0.336. The summed E-state index contributed by atoms with van der Waals surface area (Å²) < 4.78 is 4.64. The number of esters is 1. The molecule has 0 N–H and O–H groups in total. The van der Waals surface area contributed by atoms with Crippen LogP contribution >= 0.6 is 15.9 Å². The van der Waals surface area contributed by atoms with E-state index in [0.29, 0.717) is 10.9 Å². The lowest BCUT2D eigenvalue weighted by atomic mass is 10.1. The number of ether oxygens (including phenoxy) is 1. The molecule has 15 heavy (non-hydrogen) atoms. The minimum absolute atomic E-state index is 0.336. The first-order valence-electron chi connectivity index (χ1n) is 4.43. The summed E-state index contributed by atoms with van der Waals surface area (Å²) in [4.78, 5) is 11.3. The van der Waals surface area contributed by atoms with Gasteiger partial charge in [-0.3, -0.25) is 0 Å². The van der Waals surface area contributed by atoms with E-state index >= 15 is 0 Å². The fourth-order valence-corrected chi connectivity index (χ4v) is 1.27. The van der Waals surface area contributed by atoms with Crippen molar-refractivity contribution in [1.82, 2.24) is 0 Å². The molecule has 1 rings (SSSR count). The lowest BCUT2D eigenvalue weighted by Gasteiger charge is -2.02. The van der Waals surface area contributed by atoms with Gasteiger partial charge >= 0.3 is 5.97 Å². The molecule has 3 heteroatoms. The third-order valence-electron chi connectivity index (χ3n) is 1.95. The Hall–Kier alpha value is -1.27. The van der Waals surface area contributed by atoms with Crippen LogP contribution < -0.4 is 0 Å². The summed E-state index contributed by atoms with van der Waals surface area (Å²) in [6, 6.07) is 5.35. The van der Waals surface area contributed by atoms with Crippen molar-refractivity contribution in [3.8, 4) is 11.8 Å². The van der Waals surface area contributed by atoms with Gasteiger partial charge in [0.05, 0.1) is 18.0 Å². The third-order valence-corrected chi connectivity index (χ3v) is 2.23. The molecule has 0 radical (unpaired) electrons. The van der Waals surface area contributed by atoms with Crippen LogP contribution in [0.4, 0.5) is 0 Å². The smallest absolute Gasteiger partial charge is 0.337 e. The second-order valence-corrected chi connectivity index (χ2v) is 3.52. The molecule has 2 nitrogen and oxygen atoms in total. The van der Waals surface area contributed by atoms with Crippen LogP contribution in [0.3, 0.4) is 0 Å². The van der Waals surface area contributed by atoms with Gasteiger partial charge in [0.25, 0.3) is 0 Å². The van der Waals surface area contributed by atoms with Crippen molar-refractivity contribution in [3.63, 3.8) is 0 Å². The number of carbonyl (C=O) groups is 1. The number of alkyl halides is 1. The highest BCUT2D eigenvalue weighted by Crippen LogP contribution is 2.11. The summed E-state index contributed by atoms with van der Waals surface area (Å²) >= 11 is 3.23. The predicted octanol–water partition coefficient (Wildman–Crippen LogP) is 2.53. The van der Waals surface area contributed by atoms with Crippen LogP contribution in [0.2, 0.25) is 0 Å². The number of methoxy groups -OCH3 is 1. The SMILES string of the molecule is COC(=O)c1ccc(C)c(C#CCBr)c1. The summed E-state index contributed by atoms with van der Waals surface area (Å²) in [7, 11) is 1.37. The van der Waals surface area contributed by atoms with Crippen LogP contribution in [-0.2, 0) is 4.74 Å². The van der Waals surface area contributed by atoms with Gasteiger partial charge < -0.3 is 4.74 Å². The van der Waals surface area contributed by atoms with Crippen LogP contribution in [0, 0.1) is 18.8 Å². The molecule has 0 aliphatic rings. The van der Waals surface area contributed by atoms with E-state index in [1.54, 1.807) is 12.1 Å². The molecule has 1 aromatic carbocycles. The Balaban J connectivity index is 3.10. The van der Waals surface area contributed by atoms with E-state index in [2.05, 4.69) is 32.5 Å². The van der Waals surface area contributed by atoms with Crippen LogP contribution in [-0.4, -0.2) is 18.4 Å². The Kier molecular flexibility index (Phi) is 4.38. The minimum Gasteiger partial charge on any atom is -0.465 e. The number of benzene rings is 1. The first-order chi connectivity index (χ1) is 7.19. The molecule has 0 bridgehead atoms. The molecule has 0 amide bonds. The average Bonchev–Trinajstić information content (AvgIpc) is 2.27. The van der Waals surface area contributed by atoms with E-state index in [-0.39, 0.29) is 5.97 Å². The van der Waals surface area contributed by atoms with Crippen molar-refractivity contribution in [2.45, 2.75) is 6.92 Å². The van der Waals surface area contributed by atoms with Gasteiger partial charge in [0.15, 0.2) is 0 Å². The Morgan fingerprint density at radius 1 is 1.53 bits per heavy atom. The summed E-state index contributed by atoms with van der Waals surface area (Å²) in [5, 5.41) is 0.620. The second kappa shape index (κ2) is 5.57. The number of hydrogen-bond acceptors (Lipinski definition) is 2. The zero-order valence-electron chi connectivity index (χ0n) is 8.63. The molecule has 0 atom stereocenters. The molecule has 0 saturated carbocycles. The van der Waals surface area contributed by atoms with Crippen molar-refractivity contribution < 1.29 is 9.53 Å². The lowest BCUT2D eigenvalue weighted by Crippen LogP contribution is -2.01. The highest BCUT2D eigenvalue weighted by molar-refractivity contribution is 9.09. The van der Waals surface area contributed by atoms with E-state index in [4.69, 9.17) is 0 Å². The quantitative estimate of drug-likeness (QED) is 0.444. The van der Waals surface area contributed by atoms with Gasteiger partial charge in [-0.1, -0.05) is 33.8 Å². The van der Waals surface area contributed by atoms with Gasteiger partial charge in [-0.05, 0) is 24.6 Å². The van der Waals surface area contributed by atoms with E-state index in [9.17, 15) is 4.79 Å². The molecule has 0 aromatic heterocycles. The normalized spacial score (nSPS) is 9.00. The monoisotopic (exact) mass is 266 g/mol. The zero-order chi connectivity index (χ0) is 11.3. The maximum Gasteiger partial charge on any atom is 0.337 e. The van der Waals surface area contributed by atoms with E-state index in [1.807, 2.05) is 13.0 Å². The molecule has 78 valence electrons.